The number of ether oxygens (including phenoxy) is 1. The predicted molar refractivity (Wildman–Crippen MR) is 124 cm³/mol. The zero-order valence-corrected chi connectivity index (χ0v) is 20.1. The van der Waals surface area contributed by atoms with Gasteiger partial charge in [0.1, 0.15) is 18.2 Å². The summed E-state index contributed by atoms with van der Waals surface area (Å²) >= 11 is 5.76. The molecule has 0 radical (unpaired) electrons. The number of hydrogen-bond donors (Lipinski definition) is 1. The second-order valence-electron chi connectivity index (χ2n) is 9.17. The van der Waals surface area contributed by atoms with Crippen molar-refractivity contribution in [1.29, 1.82) is 5.26 Å². The van der Waals surface area contributed by atoms with Crippen LogP contribution in [0, 0.1) is 16.7 Å². The highest BCUT2D eigenvalue weighted by Gasteiger charge is 2.40. The minimum atomic E-state index is -0.775. The van der Waals surface area contributed by atoms with Gasteiger partial charge < -0.3 is 19.9 Å². The highest BCUT2D eigenvalue weighted by atomic mass is 35.5. The number of nitrogens with one attached hydrogen (secondary N) is 1. The van der Waals surface area contributed by atoms with Crippen molar-refractivity contribution in [3.05, 3.63) is 18.2 Å². The number of carbonyl (C=O) groups excluding carboxylic acids is 3. The zero-order valence-electron chi connectivity index (χ0n) is 19.3. The van der Waals surface area contributed by atoms with E-state index >= 15 is 0 Å². The molecular weight excluding hydrogens is 432 g/mol. The van der Waals surface area contributed by atoms with Crippen LogP contribution in [0.3, 0.4) is 0 Å². The van der Waals surface area contributed by atoms with E-state index in [0.717, 1.165) is 0 Å². The van der Waals surface area contributed by atoms with Crippen molar-refractivity contribution in [3.63, 3.8) is 0 Å². The van der Waals surface area contributed by atoms with E-state index < -0.39 is 11.0 Å². The number of amides is 3. The van der Waals surface area contributed by atoms with Crippen molar-refractivity contribution in [3.8, 4) is 11.8 Å². The molecule has 0 fully saturated rings. The average molecular weight is 463 g/mol. The maximum atomic E-state index is 13.6. The summed E-state index contributed by atoms with van der Waals surface area (Å²) in [5, 5.41) is 11.8. The highest BCUT2D eigenvalue weighted by Crippen LogP contribution is 2.39. The first-order chi connectivity index (χ1) is 14.9. The summed E-state index contributed by atoms with van der Waals surface area (Å²) in [4.78, 5) is 40.6. The zero-order chi connectivity index (χ0) is 24.1. The molecule has 8 nitrogen and oxygen atoms in total. The van der Waals surface area contributed by atoms with Gasteiger partial charge in [-0.3, -0.25) is 14.4 Å². The van der Waals surface area contributed by atoms with Crippen LogP contribution < -0.4 is 19.9 Å². The number of alkyl halides is 1. The predicted octanol–water partition coefficient (Wildman–Crippen LogP) is 3.23. The number of nitriles is 1. The quantitative estimate of drug-likeness (QED) is 0.597. The summed E-state index contributed by atoms with van der Waals surface area (Å²) in [6, 6.07) is 7.20. The van der Waals surface area contributed by atoms with Gasteiger partial charge in [-0.05, 0) is 38.5 Å². The normalized spacial score (nSPS) is 13.5. The third-order valence-electron chi connectivity index (χ3n) is 5.20. The van der Waals surface area contributed by atoms with Crippen LogP contribution in [0.5, 0.6) is 5.75 Å². The number of anilines is 2. The fraction of sp³-hybridized carbons (Fsp3) is 0.565. The van der Waals surface area contributed by atoms with Crippen molar-refractivity contribution in [2.24, 2.45) is 5.41 Å². The van der Waals surface area contributed by atoms with Crippen LogP contribution in [0.25, 0.3) is 0 Å². The molecule has 0 bridgehead atoms. The molecule has 0 aromatic heterocycles. The summed E-state index contributed by atoms with van der Waals surface area (Å²) in [6.07, 6.45) is 0.591. The van der Waals surface area contributed by atoms with Gasteiger partial charge in [-0.25, -0.2) is 0 Å². The fourth-order valence-electron chi connectivity index (χ4n) is 4.28. The lowest BCUT2D eigenvalue weighted by atomic mass is 9.78. The maximum absolute atomic E-state index is 13.6. The third kappa shape index (κ3) is 6.13. The van der Waals surface area contributed by atoms with Gasteiger partial charge in [0.05, 0.1) is 24.7 Å². The Morgan fingerprint density at radius 2 is 1.97 bits per heavy atom. The number of halogens is 1. The van der Waals surface area contributed by atoms with Gasteiger partial charge >= 0.3 is 0 Å². The topological polar surface area (TPSA) is 103 Å². The summed E-state index contributed by atoms with van der Waals surface area (Å²) in [7, 11) is 0. The molecule has 174 valence electrons. The number of carbonyl (C=O) groups is 3. The van der Waals surface area contributed by atoms with Crippen LogP contribution in [0.2, 0.25) is 0 Å². The molecule has 0 atom stereocenters. The first kappa shape index (κ1) is 25.5. The molecule has 1 heterocycles. The molecule has 0 saturated carbocycles. The molecule has 9 heteroatoms. The van der Waals surface area contributed by atoms with E-state index in [0.29, 0.717) is 36.7 Å². The summed E-state index contributed by atoms with van der Waals surface area (Å²) in [6.45, 7) is 9.85. The van der Waals surface area contributed by atoms with Crippen molar-refractivity contribution in [1.82, 2.24) is 5.32 Å². The van der Waals surface area contributed by atoms with Gasteiger partial charge in [0, 0.05) is 30.1 Å². The molecule has 1 aliphatic rings. The van der Waals surface area contributed by atoms with Gasteiger partial charge in [-0.2, -0.15) is 5.26 Å². The standard InChI is InChI=1S/C23H31ClN4O4/c1-16(29)26-23(4,5)15-22(2,3)21(31)28-11-12-32-19-8-7-17(13-18(19)28)27(10-6-9-25)20(30)14-24/h7-8,13H,6,10-12,14-15H2,1-5H3,(H,26,29). The molecule has 1 N–H and O–H groups in total. The van der Waals surface area contributed by atoms with E-state index in [1.807, 2.05) is 33.8 Å². The first-order valence-electron chi connectivity index (χ1n) is 10.5. The van der Waals surface area contributed by atoms with E-state index in [-0.39, 0.29) is 36.6 Å². The molecular formula is C23H31ClN4O4. The Hall–Kier alpha value is -2.79. The molecule has 32 heavy (non-hydrogen) atoms. The Kier molecular flexibility index (Phi) is 8.13. The van der Waals surface area contributed by atoms with Crippen molar-refractivity contribution >= 4 is 40.7 Å². The molecule has 1 aromatic carbocycles. The largest absolute Gasteiger partial charge is 0.490 e. The van der Waals surface area contributed by atoms with Crippen molar-refractivity contribution in [2.45, 2.75) is 53.0 Å². The Morgan fingerprint density at radius 3 is 2.56 bits per heavy atom. The smallest absolute Gasteiger partial charge is 0.241 e. The highest BCUT2D eigenvalue weighted by molar-refractivity contribution is 6.29. The Labute approximate surface area is 194 Å². The van der Waals surface area contributed by atoms with Crippen LogP contribution in [0.15, 0.2) is 18.2 Å². The van der Waals surface area contributed by atoms with E-state index in [9.17, 15) is 14.4 Å². The van der Waals surface area contributed by atoms with Crippen LogP contribution >= 0.6 is 11.6 Å². The third-order valence-corrected chi connectivity index (χ3v) is 5.43. The van der Waals surface area contributed by atoms with Crippen LogP contribution in [-0.2, 0) is 14.4 Å². The SMILES string of the molecule is CC(=O)NC(C)(C)CC(C)(C)C(=O)N1CCOc2ccc(N(CCC#N)C(=O)CCl)cc21. The molecule has 1 aromatic rings. The minimum absolute atomic E-state index is 0.107. The molecule has 0 saturated heterocycles. The van der Waals surface area contributed by atoms with Crippen molar-refractivity contribution < 1.29 is 19.1 Å². The Bertz CT molecular complexity index is 923. The molecule has 3 amide bonds. The lowest BCUT2D eigenvalue weighted by molar-refractivity contribution is -0.129. The first-order valence-corrected chi connectivity index (χ1v) is 11.1. The van der Waals surface area contributed by atoms with Gasteiger partial charge in [-0.15, -0.1) is 11.6 Å². The average Bonchev–Trinajstić information content (AvgIpc) is 2.70. The van der Waals surface area contributed by atoms with Crippen LogP contribution in [-0.4, -0.2) is 48.8 Å². The lowest BCUT2D eigenvalue weighted by Gasteiger charge is -2.39. The van der Waals surface area contributed by atoms with Crippen molar-refractivity contribution in [2.75, 3.05) is 35.4 Å². The van der Waals surface area contributed by atoms with Gasteiger partial charge in [0.25, 0.3) is 0 Å². The van der Waals surface area contributed by atoms with E-state index in [1.54, 1.807) is 23.1 Å². The molecule has 0 spiro atoms. The summed E-state index contributed by atoms with van der Waals surface area (Å²) in [5.41, 5.74) is -0.232. The molecule has 0 aliphatic carbocycles. The van der Waals surface area contributed by atoms with Crippen LogP contribution in [0.4, 0.5) is 11.4 Å². The number of benzene rings is 1. The second kappa shape index (κ2) is 10.2. The number of nitrogens with zero attached hydrogens (tertiary/aromatic N) is 3. The lowest BCUT2D eigenvalue weighted by Crippen LogP contribution is -2.51. The second-order valence-corrected chi connectivity index (χ2v) is 9.44. The van der Waals surface area contributed by atoms with E-state index in [1.165, 1.54) is 11.8 Å². The fourth-order valence-corrected chi connectivity index (χ4v) is 4.43. The van der Waals surface area contributed by atoms with Gasteiger partial charge in [-0.1, -0.05) is 13.8 Å². The Morgan fingerprint density at radius 1 is 1.28 bits per heavy atom. The monoisotopic (exact) mass is 462 g/mol. The molecule has 0 unspecified atom stereocenters. The molecule has 2 rings (SSSR count). The number of fused-ring (bicyclic) bond motifs is 1. The minimum Gasteiger partial charge on any atom is -0.490 e. The van der Waals surface area contributed by atoms with Crippen LogP contribution in [0.1, 0.15) is 47.5 Å². The van der Waals surface area contributed by atoms with E-state index in [2.05, 4.69) is 5.32 Å². The molecule has 1 aliphatic heterocycles. The number of hydrogen-bond acceptors (Lipinski definition) is 5. The maximum Gasteiger partial charge on any atom is 0.241 e. The van der Waals surface area contributed by atoms with Gasteiger partial charge in [0.2, 0.25) is 17.7 Å². The van der Waals surface area contributed by atoms with Gasteiger partial charge in [0.15, 0.2) is 0 Å². The number of rotatable bonds is 8. The summed E-state index contributed by atoms with van der Waals surface area (Å²) in [5.74, 6) is -0.254. The Balaban J connectivity index is 2.38. The summed E-state index contributed by atoms with van der Waals surface area (Å²) < 4.78 is 5.74. The van der Waals surface area contributed by atoms with E-state index in [4.69, 9.17) is 21.6 Å².